The molecule has 7 aromatic carbocycles. The fourth-order valence-electron chi connectivity index (χ4n) is 7.76. The molecule has 0 saturated carbocycles. The Labute approximate surface area is 309 Å². The van der Waals surface area contributed by atoms with Gasteiger partial charge in [-0.15, -0.1) is 0 Å². The number of benzene rings is 7. The van der Waals surface area contributed by atoms with Crippen molar-refractivity contribution >= 4 is 54.5 Å². The highest BCUT2D eigenvalue weighted by Gasteiger charge is 2.17. The van der Waals surface area contributed by atoms with Gasteiger partial charge in [-0.2, -0.15) is 0 Å². The van der Waals surface area contributed by atoms with Crippen molar-refractivity contribution in [1.29, 1.82) is 0 Å². The minimum absolute atomic E-state index is 0.577. The van der Waals surface area contributed by atoms with Crippen LogP contribution in [0.5, 0.6) is 0 Å². The first-order valence-corrected chi connectivity index (χ1v) is 18.0. The topological polar surface area (TPSA) is 69.6 Å². The lowest BCUT2D eigenvalue weighted by Crippen LogP contribution is -2.00. The second kappa shape index (κ2) is 12.1. The molecule has 11 rings (SSSR count). The number of hydrogen-bond acceptors (Lipinski definition) is 5. The van der Waals surface area contributed by atoms with E-state index in [0.29, 0.717) is 17.5 Å². The van der Waals surface area contributed by atoms with E-state index < -0.39 is 0 Å². The van der Waals surface area contributed by atoms with Crippen molar-refractivity contribution in [2.45, 2.75) is 0 Å². The minimum atomic E-state index is 0.577. The van der Waals surface area contributed by atoms with Crippen molar-refractivity contribution in [3.8, 4) is 51.0 Å². The van der Waals surface area contributed by atoms with Crippen LogP contribution < -0.4 is 0 Å². The highest BCUT2D eigenvalue weighted by Crippen LogP contribution is 2.38. The quantitative estimate of drug-likeness (QED) is 0.180. The largest absolute Gasteiger partial charge is 0.454 e. The summed E-state index contributed by atoms with van der Waals surface area (Å²) < 4.78 is 8.56. The van der Waals surface area contributed by atoms with Crippen LogP contribution >= 0.6 is 0 Å². The van der Waals surface area contributed by atoms with Gasteiger partial charge in [0.1, 0.15) is 5.58 Å². The normalized spacial score (nSPS) is 11.7. The van der Waals surface area contributed by atoms with Gasteiger partial charge in [-0.05, 0) is 59.0 Å². The summed E-state index contributed by atoms with van der Waals surface area (Å²) in [6.45, 7) is 0. The van der Waals surface area contributed by atoms with Gasteiger partial charge >= 0.3 is 0 Å². The zero-order valence-electron chi connectivity index (χ0n) is 28.9. The van der Waals surface area contributed by atoms with Crippen LogP contribution in [0.1, 0.15) is 0 Å². The molecule has 4 heterocycles. The maximum atomic E-state index is 6.17. The van der Waals surface area contributed by atoms with Gasteiger partial charge in [0, 0.05) is 55.5 Å². The van der Waals surface area contributed by atoms with Crippen LogP contribution in [0.25, 0.3) is 105 Å². The van der Waals surface area contributed by atoms with Gasteiger partial charge in [0.15, 0.2) is 23.1 Å². The monoisotopic (exact) mass is 691 g/mol. The lowest BCUT2D eigenvalue weighted by atomic mass is 10.0. The fourth-order valence-corrected chi connectivity index (χ4v) is 7.76. The molecule has 0 aliphatic heterocycles. The first-order valence-electron chi connectivity index (χ1n) is 18.0. The van der Waals surface area contributed by atoms with Gasteiger partial charge in [0.05, 0.1) is 17.2 Å². The smallest absolute Gasteiger partial charge is 0.164 e. The molecule has 0 spiro atoms. The molecule has 252 valence electrons. The van der Waals surface area contributed by atoms with Crippen molar-refractivity contribution in [1.82, 2.24) is 24.5 Å². The van der Waals surface area contributed by atoms with Crippen molar-refractivity contribution < 1.29 is 4.42 Å². The molecule has 4 aromatic heterocycles. The number of para-hydroxylation sites is 1. The summed E-state index contributed by atoms with van der Waals surface area (Å²) in [7, 11) is 0. The standard InChI is InChI=1S/C48H29N5O/c1-2-10-32(11-3-1)46-50-47(52-48(51-46)35-20-23-39-40-25-26-49-29-44(40)54-43(39)28-35)34-13-8-12-33(27-34)30-17-21-36(22-18-30)53-42-16-7-6-15-38(42)41-24-19-31-9-4-5-14-37(31)45(41)53/h1-29H. The van der Waals surface area contributed by atoms with Gasteiger partial charge in [0.25, 0.3) is 0 Å². The third-order valence-electron chi connectivity index (χ3n) is 10.3. The molecule has 0 fully saturated rings. The minimum Gasteiger partial charge on any atom is -0.454 e. The Kier molecular flexibility index (Phi) is 6.75. The van der Waals surface area contributed by atoms with Gasteiger partial charge < -0.3 is 8.98 Å². The van der Waals surface area contributed by atoms with Crippen LogP contribution in [0.4, 0.5) is 0 Å². The highest BCUT2D eigenvalue weighted by molar-refractivity contribution is 6.18. The molecule has 0 aliphatic carbocycles. The van der Waals surface area contributed by atoms with Crippen molar-refractivity contribution in [2.24, 2.45) is 0 Å². The molecule has 0 N–H and O–H groups in total. The molecule has 6 nitrogen and oxygen atoms in total. The summed E-state index contributed by atoms with van der Waals surface area (Å²) >= 11 is 0. The Morgan fingerprint density at radius 2 is 1.06 bits per heavy atom. The summed E-state index contributed by atoms with van der Waals surface area (Å²) in [4.78, 5) is 19.2. The number of hydrogen-bond donors (Lipinski definition) is 0. The van der Waals surface area contributed by atoms with Crippen LogP contribution in [0.2, 0.25) is 0 Å². The Bertz CT molecular complexity index is 3220. The lowest BCUT2D eigenvalue weighted by Gasteiger charge is -2.12. The van der Waals surface area contributed by atoms with E-state index in [1.165, 1.54) is 32.6 Å². The molecular formula is C48H29N5O. The van der Waals surface area contributed by atoms with Gasteiger partial charge in [0.2, 0.25) is 0 Å². The maximum Gasteiger partial charge on any atom is 0.164 e. The Balaban J connectivity index is 1.01. The van der Waals surface area contributed by atoms with E-state index in [2.05, 4.69) is 125 Å². The molecule has 11 aromatic rings. The van der Waals surface area contributed by atoms with E-state index in [9.17, 15) is 0 Å². The van der Waals surface area contributed by atoms with Gasteiger partial charge in [-0.1, -0.05) is 121 Å². The fraction of sp³-hybridized carbons (Fsp3) is 0. The molecule has 0 bridgehead atoms. The van der Waals surface area contributed by atoms with Crippen LogP contribution in [-0.4, -0.2) is 24.5 Å². The molecular weight excluding hydrogens is 663 g/mol. The predicted molar refractivity (Wildman–Crippen MR) is 218 cm³/mol. The molecule has 0 aliphatic rings. The van der Waals surface area contributed by atoms with E-state index in [4.69, 9.17) is 19.4 Å². The third-order valence-corrected chi connectivity index (χ3v) is 10.3. The van der Waals surface area contributed by atoms with E-state index in [-0.39, 0.29) is 0 Å². The van der Waals surface area contributed by atoms with E-state index in [1.54, 1.807) is 12.4 Å². The summed E-state index contributed by atoms with van der Waals surface area (Å²) in [5.41, 5.74) is 9.89. The first-order chi connectivity index (χ1) is 26.7. The second-order valence-electron chi connectivity index (χ2n) is 13.5. The second-order valence-corrected chi connectivity index (χ2v) is 13.5. The Hall–Kier alpha value is -7.44. The van der Waals surface area contributed by atoms with Crippen LogP contribution in [0.3, 0.4) is 0 Å². The van der Waals surface area contributed by atoms with Gasteiger partial charge in [-0.25, -0.2) is 15.0 Å². The SMILES string of the molecule is c1ccc(-c2nc(-c3cccc(-c4ccc(-n5c6ccccc6c6ccc7ccccc7c65)cc4)c3)nc(-c3ccc4c(c3)oc3cnccc34)n2)cc1. The van der Waals surface area contributed by atoms with Crippen molar-refractivity contribution in [3.05, 3.63) is 176 Å². The molecule has 6 heteroatoms. The Morgan fingerprint density at radius 1 is 0.407 bits per heavy atom. The van der Waals surface area contributed by atoms with E-state index in [0.717, 1.165) is 55.4 Å². The summed E-state index contributed by atoms with van der Waals surface area (Å²) in [6.07, 6.45) is 3.53. The molecule has 54 heavy (non-hydrogen) atoms. The van der Waals surface area contributed by atoms with Crippen molar-refractivity contribution in [2.75, 3.05) is 0 Å². The first kappa shape index (κ1) is 30.2. The molecule has 0 saturated heterocycles. The van der Waals surface area contributed by atoms with E-state index in [1.807, 2.05) is 48.5 Å². The number of furan rings is 1. The number of fused-ring (bicyclic) bond motifs is 8. The third kappa shape index (κ3) is 4.89. The van der Waals surface area contributed by atoms with E-state index >= 15 is 0 Å². The number of pyridine rings is 1. The molecule has 0 atom stereocenters. The zero-order valence-corrected chi connectivity index (χ0v) is 28.9. The average Bonchev–Trinajstić information content (AvgIpc) is 3.80. The summed E-state index contributed by atoms with van der Waals surface area (Å²) in [5, 5.41) is 7.02. The molecule has 0 radical (unpaired) electrons. The number of aromatic nitrogens is 5. The number of rotatable bonds is 5. The predicted octanol–water partition coefficient (Wildman–Crippen LogP) is 12.1. The summed E-state index contributed by atoms with van der Waals surface area (Å²) in [5.74, 6) is 1.79. The van der Waals surface area contributed by atoms with Crippen LogP contribution in [0.15, 0.2) is 181 Å². The van der Waals surface area contributed by atoms with Crippen molar-refractivity contribution in [3.63, 3.8) is 0 Å². The Morgan fingerprint density at radius 3 is 1.91 bits per heavy atom. The molecule has 0 amide bonds. The molecule has 0 unspecified atom stereocenters. The maximum absolute atomic E-state index is 6.17. The highest BCUT2D eigenvalue weighted by atomic mass is 16.3. The lowest BCUT2D eigenvalue weighted by molar-refractivity contribution is 0.667. The van der Waals surface area contributed by atoms with Gasteiger partial charge in [-0.3, -0.25) is 4.98 Å². The van der Waals surface area contributed by atoms with Crippen LogP contribution in [0, 0.1) is 0 Å². The average molecular weight is 692 g/mol. The number of nitrogens with zero attached hydrogens (tertiary/aromatic N) is 5. The zero-order chi connectivity index (χ0) is 35.6. The summed E-state index contributed by atoms with van der Waals surface area (Å²) in [6, 6.07) is 57.1. The van der Waals surface area contributed by atoms with Crippen LogP contribution in [-0.2, 0) is 0 Å².